The maximum atomic E-state index is 12.3. The molecule has 1 aliphatic rings. The summed E-state index contributed by atoms with van der Waals surface area (Å²) in [6.07, 6.45) is 9.26. The van der Waals surface area contributed by atoms with Crippen molar-refractivity contribution in [3.8, 4) is 12.3 Å². The van der Waals surface area contributed by atoms with E-state index in [4.69, 9.17) is 15.9 Å². The first kappa shape index (κ1) is 18.5. The van der Waals surface area contributed by atoms with Crippen LogP contribution in [0.3, 0.4) is 0 Å². The molecule has 1 aromatic carbocycles. The molecule has 2 heterocycles. The molecule has 1 amide bonds. The Bertz CT molecular complexity index is 858. The van der Waals surface area contributed by atoms with Gasteiger partial charge in [-0.25, -0.2) is 19.8 Å². The van der Waals surface area contributed by atoms with E-state index >= 15 is 0 Å². The van der Waals surface area contributed by atoms with E-state index in [1.807, 2.05) is 31.2 Å². The van der Waals surface area contributed by atoms with Crippen LogP contribution in [0.1, 0.15) is 16.8 Å². The fourth-order valence-electron chi connectivity index (χ4n) is 2.53. The molecule has 0 N–H and O–H groups in total. The van der Waals surface area contributed by atoms with E-state index in [9.17, 15) is 4.79 Å². The number of carbonyl (C=O) groups is 1. The fourth-order valence-corrected chi connectivity index (χ4v) is 2.53. The van der Waals surface area contributed by atoms with Crippen molar-refractivity contribution >= 4 is 18.1 Å². The number of terminal acetylenes is 1. The predicted octanol–water partition coefficient (Wildman–Crippen LogP) is 2.51. The Morgan fingerprint density at radius 1 is 1.41 bits per heavy atom. The van der Waals surface area contributed by atoms with Crippen molar-refractivity contribution in [2.75, 3.05) is 19.7 Å². The van der Waals surface area contributed by atoms with Crippen LogP contribution in [0.5, 0.6) is 0 Å². The molecule has 7 heteroatoms. The lowest BCUT2D eigenvalue weighted by atomic mass is 10.2. The van der Waals surface area contributed by atoms with Crippen molar-refractivity contribution in [3.63, 3.8) is 0 Å². The Morgan fingerprint density at radius 2 is 2.19 bits per heavy atom. The summed E-state index contributed by atoms with van der Waals surface area (Å²) in [6, 6.07) is 7.87. The van der Waals surface area contributed by atoms with Gasteiger partial charge in [0, 0.05) is 25.2 Å². The summed E-state index contributed by atoms with van der Waals surface area (Å²) in [5, 5.41) is 0. The van der Waals surface area contributed by atoms with Crippen molar-refractivity contribution in [3.05, 3.63) is 53.5 Å². The largest absolute Gasteiger partial charge is 0.445 e. The van der Waals surface area contributed by atoms with Crippen molar-refractivity contribution in [1.29, 1.82) is 0 Å². The zero-order valence-corrected chi connectivity index (χ0v) is 15.0. The number of aryl methyl sites for hydroxylation is 1. The molecule has 0 aliphatic carbocycles. The summed E-state index contributed by atoms with van der Waals surface area (Å²) >= 11 is 0. The quantitative estimate of drug-likeness (QED) is 0.615. The van der Waals surface area contributed by atoms with Crippen molar-refractivity contribution in [2.24, 2.45) is 4.99 Å². The SMILES string of the molecule is C#Cc1nccnc1N=C[C@@H]1CN(C(=O)OCc2ccc(C)cc2)CCO1. The van der Waals surface area contributed by atoms with Gasteiger partial charge in [-0.15, -0.1) is 6.42 Å². The van der Waals surface area contributed by atoms with Gasteiger partial charge in [0.05, 0.1) is 13.2 Å². The van der Waals surface area contributed by atoms with Gasteiger partial charge in [-0.1, -0.05) is 29.8 Å². The Kier molecular flexibility index (Phi) is 6.13. The molecule has 0 saturated carbocycles. The summed E-state index contributed by atoms with van der Waals surface area (Å²) in [7, 11) is 0. The first-order valence-electron chi connectivity index (χ1n) is 8.56. The van der Waals surface area contributed by atoms with Crippen LogP contribution in [0, 0.1) is 19.3 Å². The second-order valence-electron chi connectivity index (χ2n) is 6.05. The number of amides is 1. The number of hydrogen-bond acceptors (Lipinski definition) is 6. The minimum Gasteiger partial charge on any atom is -0.445 e. The minimum absolute atomic E-state index is 0.236. The summed E-state index contributed by atoms with van der Waals surface area (Å²) in [5.74, 6) is 2.78. The van der Waals surface area contributed by atoms with Gasteiger partial charge in [0.2, 0.25) is 0 Å². The molecule has 0 unspecified atom stereocenters. The highest BCUT2D eigenvalue weighted by Gasteiger charge is 2.24. The standard InChI is InChI=1S/C20H20N4O3/c1-3-18-19(22-9-8-21-18)23-12-17-13-24(10-11-26-17)20(25)27-14-16-6-4-15(2)5-7-16/h1,4-9,12,17H,10-11,13-14H2,2H3/t17-/m1/s1. The van der Waals surface area contributed by atoms with Crippen LogP contribution in [-0.4, -0.2) is 53.0 Å². The van der Waals surface area contributed by atoms with Gasteiger partial charge < -0.3 is 14.4 Å². The average molecular weight is 364 g/mol. The van der Waals surface area contributed by atoms with Crippen LogP contribution in [-0.2, 0) is 16.1 Å². The topological polar surface area (TPSA) is 76.9 Å². The van der Waals surface area contributed by atoms with E-state index in [0.717, 1.165) is 11.1 Å². The summed E-state index contributed by atoms with van der Waals surface area (Å²) in [4.78, 5) is 26.3. The fraction of sp³-hybridized carbons (Fsp3) is 0.300. The molecule has 0 radical (unpaired) electrons. The smallest absolute Gasteiger partial charge is 0.410 e. The number of morpholine rings is 1. The number of aliphatic imine (C=N–C) groups is 1. The van der Waals surface area contributed by atoms with Gasteiger partial charge in [-0.2, -0.15) is 0 Å². The number of nitrogens with zero attached hydrogens (tertiary/aromatic N) is 4. The van der Waals surface area contributed by atoms with Crippen LogP contribution < -0.4 is 0 Å². The zero-order valence-electron chi connectivity index (χ0n) is 15.0. The molecule has 1 aliphatic heterocycles. The second-order valence-corrected chi connectivity index (χ2v) is 6.05. The lowest BCUT2D eigenvalue weighted by molar-refractivity contribution is 0.00330. The Morgan fingerprint density at radius 3 is 2.96 bits per heavy atom. The summed E-state index contributed by atoms with van der Waals surface area (Å²) < 4.78 is 11.0. The Hall–Kier alpha value is -3.24. The lowest BCUT2D eigenvalue weighted by Gasteiger charge is -2.30. The van der Waals surface area contributed by atoms with Crippen LogP contribution >= 0.6 is 0 Å². The maximum absolute atomic E-state index is 12.3. The highest BCUT2D eigenvalue weighted by atomic mass is 16.6. The maximum Gasteiger partial charge on any atom is 0.410 e. The molecule has 1 atom stereocenters. The number of ether oxygens (including phenoxy) is 2. The average Bonchev–Trinajstić information content (AvgIpc) is 2.72. The molecule has 1 fully saturated rings. The number of carbonyl (C=O) groups excluding carboxylic acids is 1. The van der Waals surface area contributed by atoms with E-state index in [1.165, 1.54) is 12.4 Å². The number of aromatic nitrogens is 2. The molecule has 0 spiro atoms. The zero-order chi connectivity index (χ0) is 19.1. The first-order valence-corrected chi connectivity index (χ1v) is 8.56. The van der Waals surface area contributed by atoms with E-state index in [1.54, 1.807) is 11.1 Å². The van der Waals surface area contributed by atoms with Crippen LogP contribution in [0.2, 0.25) is 0 Å². The second kappa shape index (κ2) is 8.92. The molecule has 138 valence electrons. The van der Waals surface area contributed by atoms with Gasteiger partial charge in [-0.05, 0) is 18.4 Å². The number of rotatable bonds is 4. The molecular formula is C20H20N4O3. The van der Waals surface area contributed by atoms with Crippen LogP contribution in [0.25, 0.3) is 0 Å². The van der Waals surface area contributed by atoms with Gasteiger partial charge in [0.1, 0.15) is 12.7 Å². The third-order valence-electron chi connectivity index (χ3n) is 4.01. The molecule has 1 aromatic heterocycles. The molecule has 1 saturated heterocycles. The third-order valence-corrected chi connectivity index (χ3v) is 4.01. The van der Waals surface area contributed by atoms with Gasteiger partial charge >= 0.3 is 6.09 Å². The number of hydrogen-bond donors (Lipinski definition) is 0. The molecule has 3 rings (SSSR count). The molecule has 7 nitrogen and oxygen atoms in total. The molecule has 0 bridgehead atoms. The predicted molar refractivity (Wildman–Crippen MR) is 101 cm³/mol. The van der Waals surface area contributed by atoms with Gasteiger partial charge in [0.15, 0.2) is 11.5 Å². The molecule has 2 aromatic rings. The van der Waals surface area contributed by atoms with E-state index < -0.39 is 0 Å². The Labute approximate surface area is 158 Å². The van der Waals surface area contributed by atoms with Crippen molar-refractivity contribution in [1.82, 2.24) is 14.9 Å². The highest BCUT2D eigenvalue weighted by molar-refractivity contribution is 5.72. The summed E-state index contributed by atoms with van der Waals surface area (Å²) in [5.41, 5.74) is 2.47. The van der Waals surface area contributed by atoms with Crippen LogP contribution in [0.15, 0.2) is 41.7 Å². The first-order chi connectivity index (χ1) is 13.2. The van der Waals surface area contributed by atoms with Crippen LogP contribution in [0.4, 0.5) is 10.6 Å². The number of benzene rings is 1. The van der Waals surface area contributed by atoms with Crippen molar-refractivity contribution < 1.29 is 14.3 Å². The Balaban J connectivity index is 1.55. The van der Waals surface area contributed by atoms with E-state index in [2.05, 4.69) is 20.9 Å². The van der Waals surface area contributed by atoms with Gasteiger partial charge in [-0.3, -0.25) is 0 Å². The monoisotopic (exact) mass is 364 g/mol. The lowest BCUT2D eigenvalue weighted by Crippen LogP contribution is -2.46. The van der Waals surface area contributed by atoms with E-state index in [-0.39, 0.29) is 18.8 Å². The minimum atomic E-state index is -0.374. The van der Waals surface area contributed by atoms with Crippen molar-refractivity contribution in [2.45, 2.75) is 19.6 Å². The normalized spacial score (nSPS) is 16.9. The van der Waals surface area contributed by atoms with E-state index in [0.29, 0.717) is 31.2 Å². The highest BCUT2D eigenvalue weighted by Crippen LogP contribution is 2.13. The van der Waals surface area contributed by atoms with Gasteiger partial charge in [0.25, 0.3) is 0 Å². The molecule has 27 heavy (non-hydrogen) atoms. The third kappa shape index (κ3) is 5.12. The summed E-state index contributed by atoms with van der Waals surface area (Å²) in [6.45, 7) is 3.47. The molecular weight excluding hydrogens is 344 g/mol.